The fourth-order valence-electron chi connectivity index (χ4n) is 3.31. The predicted molar refractivity (Wildman–Crippen MR) is 98.0 cm³/mol. The summed E-state index contributed by atoms with van der Waals surface area (Å²) in [6.07, 6.45) is 0. The molecule has 0 aliphatic rings. The van der Waals surface area contributed by atoms with Crippen LogP contribution in [0.2, 0.25) is 0 Å². The van der Waals surface area contributed by atoms with Gasteiger partial charge in [-0.3, -0.25) is 0 Å². The third-order valence-electron chi connectivity index (χ3n) is 4.32. The van der Waals surface area contributed by atoms with E-state index in [1.54, 1.807) is 0 Å². The van der Waals surface area contributed by atoms with Crippen molar-refractivity contribution >= 4 is 37.7 Å². The smallest absolute Gasteiger partial charge is 0.0581 e. The van der Waals surface area contributed by atoms with E-state index in [-0.39, 0.29) is 0 Å². The zero-order valence-corrected chi connectivity index (χ0v) is 14.2. The maximum Gasteiger partial charge on any atom is 0.0581 e. The summed E-state index contributed by atoms with van der Waals surface area (Å²) in [7, 11) is 0. The first kappa shape index (κ1) is 13.6. The normalized spacial score (nSPS) is 11.4. The molecule has 3 aromatic carbocycles. The lowest BCUT2D eigenvalue weighted by molar-refractivity contribution is 1.16. The second-order valence-corrected chi connectivity index (χ2v) is 6.51. The van der Waals surface area contributed by atoms with Gasteiger partial charge in [-0.1, -0.05) is 52.3 Å². The van der Waals surface area contributed by atoms with Crippen LogP contribution in [-0.4, -0.2) is 4.57 Å². The van der Waals surface area contributed by atoms with Crippen molar-refractivity contribution in [2.45, 2.75) is 13.8 Å². The average Bonchev–Trinajstić information content (AvgIpc) is 2.88. The molecule has 0 amide bonds. The summed E-state index contributed by atoms with van der Waals surface area (Å²) in [6.45, 7) is 4.35. The van der Waals surface area contributed by atoms with Crippen LogP contribution >= 0.6 is 15.9 Å². The Balaban J connectivity index is 2.29. The lowest BCUT2D eigenvalue weighted by Crippen LogP contribution is -1.96. The highest BCUT2D eigenvalue weighted by atomic mass is 79.9. The van der Waals surface area contributed by atoms with Gasteiger partial charge in [-0.25, -0.2) is 0 Å². The number of halogens is 1. The Morgan fingerprint density at radius 1 is 0.818 bits per heavy atom. The maximum atomic E-state index is 3.75. The highest BCUT2D eigenvalue weighted by Gasteiger charge is 2.16. The second-order valence-electron chi connectivity index (χ2n) is 5.72. The molecule has 0 saturated carbocycles. The molecule has 0 radical (unpaired) electrons. The molecule has 0 fully saturated rings. The molecule has 0 spiro atoms. The van der Waals surface area contributed by atoms with Crippen molar-refractivity contribution in [1.82, 2.24) is 4.57 Å². The molecule has 2 heteroatoms. The molecule has 1 nitrogen and oxygen atoms in total. The summed E-state index contributed by atoms with van der Waals surface area (Å²) in [4.78, 5) is 0. The molecule has 4 aromatic rings. The van der Waals surface area contributed by atoms with E-state index in [1.165, 1.54) is 43.1 Å². The molecule has 0 aliphatic heterocycles. The monoisotopic (exact) mass is 349 g/mol. The Morgan fingerprint density at radius 2 is 1.50 bits per heavy atom. The van der Waals surface area contributed by atoms with E-state index in [0.717, 1.165) is 0 Å². The first-order valence-electron chi connectivity index (χ1n) is 7.43. The lowest BCUT2D eigenvalue weighted by Gasteiger charge is -2.11. The number of fused-ring (bicyclic) bond motifs is 3. The zero-order valence-electron chi connectivity index (χ0n) is 12.6. The van der Waals surface area contributed by atoms with Crippen LogP contribution in [-0.2, 0) is 0 Å². The number of aromatic nitrogens is 1. The molecule has 1 heterocycles. The Hall–Kier alpha value is -2.06. The largest absolute Gasteiger partial charge is 0.309 e. The van der Waals surface area contributed by atoms with E-state index >= 15 is 0 Å². The minimum absolute atomic E-state index is 1.19. The number of aryl methyl sites for hydroxylation is 2. The van der Waals surface area contributed by atoms with Crippen molar-refractivity contribution < 1.29 is 0 Å². The Bertz CT molecular complexity index is 997. The molecule has 108 valence electrons. The molecule has 0 atom stereocenters. The highest BCUT2D eigenvalue weighted by Crippen LogP contribution is 2.37. The summed E-state index contributed by atoms with van der Waals surface area (Å²) in [5.74, 6) is 0. The van der Waals surface area contributed by atoms with Crippen LogP contribution in [0.25, 0.3) is 27.5 Å². The van der Waals surface area contributed by atoms with E-state index in [2.05, 4.69) is 95.0 Å². The lowest BCUT2D eigenvalue weighted by atomic mass is 10.1. The minimum Gasteiger partial charge on any atom is -0.309 e. The van der Waals surface area contributed by atoms with Gasteiger partial charge in [-0.2, -0.15) is 0 Å². The molecule has 0 aliphatic carbocycles. The van der Waals surface area contributed by atoms with Crippen LogP contribution in [0.15, 0.2) is 65.1 Å². The number of nitrogens with zero attached hydrogens (tertiary/aromatic N) is 1. The first-order valence-corrected chi connectivity index (χ1v) is 8.22. The zero-order chi connectivity index (χ0) is 15.3. The van der Waals surface area contributed by atoms with Crippen LogP contribution in [0.1, 0.15) is 11.1 Å². The van der Waals surface area contributed by atoms with Gasteiger partial charge in [0.2, 0.25) is 0 Å². The van der Waals surface area contributed by atoms with E-state index in [1.807, 2.05) is 0 Å². The van der Waals surface area contributed by atoms with Crippen molar-refractivity contribution in [1.29, 1.82) is 0 Å². The Labute approximate surface area is 138 Å². The first-order chi connectivity index (χ1) is 10.7. The standard InChI is InChI=1S/C20H16BrN/c1-13-12-17-16-10-6-7-11-18(16)22(15-8-4-3-5-9-15)20(17)14(2)19(13)21/h3-12H,1-2H3. The Morgan fingerprint density at radius 3 is 2.27 bits per heavy atom. The molecule has 22 heavy (non-hydrogen) atoms. The van der Waals surface area contributed by atoms with Gasteiger partial charge in [0.05, 0.1) is 11.0 Å². The Kier molecular flexibility index (Phi) is 3.08. The number of para-hydroxylation sites is 2. The summed E-state index contributed by atoms with van der Waals surface area (Å²) >= 11 is 3.75. The summed E-state index contributed by atoms with van der Waals surface area (Å²) in [5, 5.41) is 2.62. The van der Waals surface area contributed by atoms with Gasteiger partial charge in [0.15, 0.2) is 0 Å². The second kappa shape index (κ2) is 4.99. The molecule has 0 saturated heterocycles. The van der Waals surface area contributed by atoms with Gasteiger partial charge < -0.3 is 4.57 Å². The number of benzene rings is 3. The van der Waals surface area contributed by atoms with Crippen molar-refractivity contribution in [3.8, 4) is 5.69 Å². The van der Waals surface area contributed by atoms with E-state index < -0.39 is 0 Å². The summed E-state index contributed by atoms with van der Waals surface area (Å²) < 4.78 is 3.56. The van der Waals surface area contributed by atoms with Gasteiger partial charge in [-0.15, -0.1) is 0 Å². The minimum atomic E-state index is 1.19. The summed E-state index contributed by atoms with van der Waals surface area (Å²) in [6, 6.07) is 21.5. The topological polar surface area (TPSA) is 4.93 Å². The summed E-state index contributed by atoms with van der Waals surface area (Å²) in [5.41, 5.74) is 6.30. The molecular weight excluding hydrogens is 334 g/mol. The van der Waals surface area contributed by atoms with Crippen molar-refractivity contribution in [3.05, 3.63) is 76.3 Å². The van der Waals surface area contributed by atoms with Gasteiger partial charge in [-0.05, 0) is 49.2 Å². The predicted octanol–water partition coefficient (Wildman–Crippen LogP) is 6.16. The highest BCUT2D eigenvalue weighted by molar-refractivity contribution is 9.10. The molecular formula is C20H16BrN. The third kappa shape index (κ3) is 1.84. The third-order valence-corrected chi connectivity index (χ3v) is 5.54. The molecule has 4 rings (SSSR count). The van der Waals surface area contributed by atoms with Gasteiger partial charge >= 0.3 is 0 Å². The molecule has 0 bridgehead atoms. The number of rotatable bonds is 1. The fourth-order valence-corrected chi connectivity index (χ4v) is 3.61. The van der Waals surface area contributed by atoms with Crippen molar-refractivity contribution in [2.24, 2.45) is 0 Å². The van der Waals surface area contributed by atoms with Crippen LogP contribution in [0.3, 0.4) is 0 Å². The fraction of sp³-hybridized carbons (Fsp3) is 0.100. The maximum absolute atomic E-state index is 3.75. The molecule has 0 unspecified atom stereocenters. The molecule has 1 aromatic heterocycles. The van der Waals surface area contributed by atoms with Crippen molar-refractivity contribution in [2.75, 3.05) is 0 Å². The quantitative estimate of drug-likeness (QED) is 0.387. The van der Waals surface area contributed by atoms with Crippen molar-refractivity contribution in [3.63, 3.8) is 0 Å². The van der Waals surface area contributed by atoms with Crippen LogP contribution in [0, 0.1) is 13.8 Å². The van der Waals surface area contributed by atoms with E-state index in [0.29, 0.717) is 0 Å². The van der Waals surface area contributed by atoms with Gasteiger partial charge in [0, 0.05) is 20.9 Å². The van der Waals surface area contributed by atoms with Gasteiger partial charge in [0.1, 0.15) is 0 Å². The number of hydrogen-bond donors (Lipinski definition) is 0. The van der Waals surface area contributed by atoms with Crippen LogP contribution in [0.5, 0.6) is 0 Å². The number of hydrogen-bond acceptors (Lipinski definition) is 0. The SMILES string of the molecule is Cc1cc2c3ccccc3n(-c3ccccc3)c2c(C)c1Br. The van der Waals surface area contributed by atoms with Crippen LogP contribution in [0.4, 0.5) is 0 Å². The van der Waals surface area contributed by atoms with Gasteiger partial charge in [0.25, 0.3) is 0 Å². The van der Waals surface area contributed by atoms with E-state index in [9.17, 15) is 0 Å². The van der Waals surface area contributed by atoms with Crippen LogP contribution < -0.4 is 0 Å². The molecule has 0 N–H and O–H groups in total. The average molecular weight is 350 g/mol. The van der Waals surface area contributed by atoms with E-state index in [4.69, 9.17) is 0 Å².